The summed E-state index contributed by atoms with van der Waals surface area (Å²) in [6.07, 6.45) is 3.16. The van der Waals surface area contributed by atoms with Crippen LogP contribution in [0.25, 0.3) is 0 Å². The maximum atomic E-state index is 6.47. The molecule has 19 heavy (non-hydrogen) atoms. The topological polar surface area (TPSA) is 24.5 Å². The summed E-state index contributed by atoms with van der Waals surface area (Å²) < 4.78 is 5.87. The standard InChI is InChI=1S/C15H21ClN2O/c1-10(17-2)11-3-6-15(14(16)7-11)18-8-12-4-5-13(9-18)19-12/h3,6-7,10,12-13,17H,4-5,8-9H2,1-2H3. The summed E-state index contributed by atoms with van der Waals surface area (Å²) in [5, 5.41) is 4.09. The van der Waals surface area contributed by atoms with E-state index in [9.17, 15) is 0 Å². The zero-order valence-electron chi connectivity index (χ0n) is 11.5. The van der Waals surface area contributed by atoms with E-state index in [2.05, 4.69) is 35.3 Å². The number of nitrogens with one attached hydrogen (secondary N) is 1. The highest BCUT2D eigenvalue weighted by Gasteiger charge is 2.34. The van der Waals surface area contributed by atoms with E-state index in [4.69, 9.17) is 16.3 Å². The molecule has 2 fully saturated rings. The second kappa shape index (κ2) is 5.31. The number of hydrogen-bond donors (Lipinski definition) is 1. The van der Waals surface area contributed by atoms with Crippen molar-refractivity contribution in [3.8, 4) is 0 Å². The molecule has 1 N–H and O–H groups in total. The summed E-state index contributed by atoms with van der Waals surface area (Å²) in [6, 6.07) is 6.72. The van der Waals surface area contributed by atoms with Gasteiger partial charge in [0.05, 0.1) is 22.9 Å². The van der Waals surface area contributed by atoms with E-state index in [1.165, 1.54) is 18.4 Å². The highest BCUT2D eigenvalue weighted by molar-refractivity contribution is 6.33. The molecule has 2 aliphatic rings. The monoisotopic (exact) mass is 280 g/mol. The predicted octanol–water partition coefficient (Wildman–Crippen LogP) is 2.99. The van der Waals surface area contributed by atoms with E-state index in [1.54, 1.807) is 0 Å². The molecule has 104 valence electrons. The Kier molecular flexibility index (Phi) is 3.70. The average molecular weight is 281 g/mol. The molecule has 0 aromatic heterocycles. The molecule has 2 saturated heterocycles. The molecule has 0 spiro atoms. The number of benzene rings is 1. The molecule has 2 bridgehead atoms. The van der Waals surface area contributed by atoms with Gasteiger partial charge in [0.15, 0.2) is 0 Å². The van der Waals surface area contributed by atoms with Gasteiger partial charge in [-0.05, 0) is 44.5 Å². The Bertz CT molecular complexity index is 453. The number of rotatable bonds is 3. The molecule has 3 rings (SSSR count). The number of halogens is 1. The second-order valence-electron chi connectivity index (χ2n) is 5.58. The zero-order chi connectivity index (χ0) is 13.4. The van der Waals surface area contributed by atoms with E-state index in [1.807, 2.05) is 7.05 Å². The third kappa shape index (κ3) is 2.60. The van der Waals surface area contributed by atoms with Crippen LogP contribution in [0.3, 0.4) is 0 Å². The molecular formula is C15H21ClN2O. The summed E-state index contributed by atoms with van der Waals surface area (Å²) in [5.74, 6) is 0. The van der Waals surface area contributed by atoms with Gasteiger partial charge in [0.1, 0.15) is 0 Å². The second-order valence-corrected chi connectivity index (χ2v) is 5.99. The summed E-state index contributed by atoms with van der Waals surface area (Å²) in [5.41, 5.74) is 2.38. The third-order valence-corrected chi connectivity index (χ3v) is 4.59. The fraction of sp³-hybridized carbons (Fsp3) is 0.600. The molecule has 4 heteroatoms. The maximum Gasteiger partial charge on any atom is 0.0755 e. The number of anilines is 1. The lowest BCUT2D eigenvalue weighted by atomic mass is 10.1. The Balaban J connectivity index is 1.81. The Labute approximate surface area is 119 Å². The van der Waals surface area contributed by atoms with E-state index < -0.39 is 0 Å². The molecule has 1 aromatic carbocycles. The predicted molar refractivity (Wildman–Crippen MR) is 79.0 cm³/mol. The van der Waals surface area contributed by atoms with Gasteiger partial charge in [0, 0.05) is 19.1 Å². The SMILES string of the molecule is CNC(C)c1ccc(N2CC3CCC(C2)O3)c(Cl)c1. The maximum absolute atomic E-state index is 6.47. The van der Waals surface area contributed by atoms with Crippen LogP contribution in [0.2, 0.25) is 5.02 Å². The number of nitrogens with zero attached hydrogens (tertiary/aromatic N) is 1. The highest BCUT2D eigenvalue weighted by atomic mass is 35.5. The van der Waals surface area contributed by atoms with Gasteiger partial charge in [-0.25, -0.2) is 0 Å². The Morgan fingerprint density at radius 1 is 1.32 bits per heavy atom. The van der Waals surface area contributed by atoms with Gasteiger partial charge in [-0.1, -0.05) is 17.7 Å². The molecule has 0 radical (unpaired) electrons. The van der Waals surface area contributed by atoms with Crippen LogP contribution >= 0.6 is 11.6 Å². The minimum atomic E-state index is 0.326. The quantitative estimate of drug-likeness (QED) is 0.921. The van der Waals surface area contributed by atoms with Crippen LogP contribution in [0.5, 0.6) is 0 Å². The van der Waals surface area contributed by atoms with Crippen LogP contribution in [0.4, 0.5) is 5.69 Å². The van der Waals surface area contributed by atoms with Crippen molar-refractivity contribution < 1.29 is 4.74 Å². The van der Waals surface area contributed by atoms with Crippen molar-refractivity contribution in [1.82, 2.24) is 5.32 Å². The highest BCUT2D eigenvalue weighted by Crippen LogP contribution is 2.34. The van der Waals surface area contributed by atoms with Crippen LogP contribution < -0.4 is 10.2 Å². The largest absolute Gasteiger partial charge is 0.371 e. The van der Waals surface area contributed by atoms with Crippen LogP contribution in [-0.4, -0.2) is 32.3 Å². The van der Waals surface area contributed by atoms with Gasteiger partial charge in [-0.3, -0.25) is 0 Å². The lowest BCUT2D eigenvalue weighted by Gasteiger charge is -2.34. The van der Waals surface area contributed by atoms with Crippen molar-refractivity contribution >= 4 is 17.3 Å². The summed E-state index contributed by atoms with van der Waals surface area (Å²) in [6.45, 7) is 4.08. The molecule has 3 unspecified atom stereocenters. The van der Waals surface area contributed by atoms with Gasteiger partial charge in [-0.2, -0.15) is 0 Å². The van der Waals surface area contributed by atoms with Crippen molar-refractivity contribution in [2.24, 2.45) is 0 Å². The molecule has 3 atom stereocenters. The third-order valence-electron chi connectivity index (χ3n) is 4.29. The van der Waals surface area contributed by atoms with Gasteiger partial charge in [0.25, 0.3) is 0 Å². The molecule has 1 aromatic rings. The lowest BCUT2D eigenvalue weighted by molar-refractivity contribution is 0.0305. The van der Waals surface area contributed by atoms with Gasteiger partial charge in [0.2, 0.25) is 0 Å². The van der Waals surface area contributed by atoms with Crippen molar-refractivity contribution in [2.75, 3.05) is 25.0 Å². The first-order valence-electron chi connectivity index (χ1n) is 7.04. The summed E-state index contributed by atoms with van der Waals surface area (Å²) in [4.78, 5) is 2.38. The van der Waals surface area contributed by atoms with Crippen LogP contribution in [0.15, 0.2) is 18.2 Å². The molecule has 0 aliphatic carbocycles. The smallest absolute Gasteiger partial charge is 0.0755 e. The summed E-state index contributed by atoms with van der Waals surface area (Å²) >= 11 is 6.47. The van der Waals surface area contributed by atoms with Gasteiger partial charge in [-0.15, -0.1) is 0 Å². The number of ether oxygens (including phenoxy) is 1. The van der Waals surface area contributed by atoms with Crippen molar-refractivity contribution in [2.45, 2.75) is 38.0 Å². The lowest BCUT2D eigenvalue weighted by Crippen LogP contribution is -2.42. The van der Waals surface area contributed by atoms with Crippen LogP contribution in [0, 0.1) is 0 Å². The molecule has 0 saturated carbocycles. The van der Waals surface area contributed by atoms with Gasteiger partial charge < -0.3 is 15.0 Å². The normalized spacial score (nSPS) is 27.6. The molecule has 2 aliphatic heterocycles. The Morgan fingerprint density at radius 3 is 2.58 bits per heavy atom. The van der Waals surface area contributed by atoms with E-state index in [0.29, 0.717) is 18.2 Å². The van der Waals surface area contributed by atoms with E-state index >= 15 is 0 Å². The molecular weight excluding hydrogens is 260 g/mol. The van der Waals surface area contributed by atoms with Crippen molar-refractivity contribution in [1.29, 1.82) is 0 Å². The number of fused-ring (bicyclic) bond motifs is 2. The minimum Gasteiger partial charge on any atom is -0.371 e. The molecule has 0 amide bonds. The van der Waals surface area contributed by atoms with Crippen LogP contribution in [0.1, 0.15) is 31.4 Å². The van der Waals surface area contributed by atoms with E-state index in [-0.39, 0.29) is 0 Å². The molecule has 2 heterocycles. The average Bonchev–Trinajstić information content (AvgIpc) is 2.76. The molecule has 3 nitrogen and oxygen atoms in total. The zero-order valence-corrected chi connectivity index (χ0v) is 12.3. The van der Waals surface area contributed by atoms with Crippen molar-refractivity contribution in [3.63, 3.8) is 0 Å². The number of morpholine rings is 1. The Hall–Kier alpha value is -0.770. The fourth-order valence-electron chi connectivity index (χ4n) is 3.03. The fourth-order valence-corrected chi connectivity index (χ4v) is 3.34. The first-order chi connectivity index (χ1) is 9.17. The Morgan fingerprint density at radius 2 is 2.00 bits per heavy atom. The van der Waals surface area contributed by atoms with Crippen LogP contribution in [-0.2, 0) is 4.74 Å². The summed E-state index contributed by atoms with van der Waals surface area (Å²) in [7, 11) is 1.96. The van der Waals surface area contributed by atoms with E-state index in [0.717, 1.165) is 23.8 Å². The van der Waals surface area contributed by atoms with Gasteiger partial charge >= 0.3 is 0 Å². The first-order valence-corrected chi connectivity index (χ1v) is 7.42. The van der Waals surface area contributed by atoms with Crippen molar-refractivity contribution in [3.05, 3.63) is 28.8 Å². The first kappa shape index (κ1) is 13.2. The number of hydrogen-bond acceptors (Lipinski definition) is 3. The minimum absolute atomic E-state index is 0.326.